The van der Waals surface area contributed by atoms with Crippen LogP contribution in [0.4, 0.5) is 0 Å². The highest BCUT2D eigenvalue weighted by molar-refractivity contribution is 5.99. The quantitative estimate of drug-likeness (QED) is 0.822. The smallest absolute Gasteiger partial charge is 0.278 e. The second-order valence-electron chi connectivity index (χ2n) is 6.70. The summed E-state index contributed by atoms with van der Waals surface area (Å²) in [6, 6.07) is 4.11. The summed E-state index contributed by atoms with van der Waals surface area (Å²) in [4.78, 5) is 35.8. The Balaban J connectivity index is 2.00. The lowest BCUT2D eigenvalue weighted by Gasteiger charge is -2.22. The molecule has 0 radical (unpaired) electrons. The molecule has 126 valence electrons. The third-order valence-corrected chi connectivity index (χ3v) is 3.59. The standard InChI is InChI=1S/C16H18N4O4/c1-16(2,3)24-9-4-5-10-11(8-9)18-19-20(15(10)23)12-6-7-13(21)17-14(12)22/h4-5,8,12H,6-7H2,1-3H3,(H,17,21,22). The highest BCUT2D eigenvalue weighted by Crippen LogP contribution is 2.22. The summed E-state index contributed by atoms with van der Waals surface area (Å²) in [5.41, 5.74) is -0.398. The monoisotopic (exact) mass is 330 g/mol. The molecule has 1 unspecified atom stereocenters. The topological polar surface area (TPSA) is 103 Å². The Hall–Kier alpha value is -2.77. The lowest BCUT2D eigenvalue weighted by molar-refractivity contribution is -0.136. The second kappa shape index (κ2) is 5.70. The Morgan fingerprint density at radius 3 is 2.67 bits per heavy atom. The number of imide groups is 1. The minimum Gasteiger partial charge on any atom is -0.488 e. The van der Waals surface area contributed by atoms with E-state index < -0.39 is 17.5 Å². The lowest BCUT2D eigenvalue weighted by atomic mass is 10.1. The average Bonchev–Trinajstić information content (AvgIpc) is 2.47. The third-order valence-electron chi connectivity index (χ3n) is 3.59. The van der Waals surface area contributed by atoms with Crippen LogP contribution in [0.15, 0.2) is 23.0 Å². The van der Waals surface area contributed by atoms with Crippen molar-refractivity contribution in [2.45, 2.75) is 45.3 Å². The first-order valence-electron chi connectivity index (χ1n) is 7.66. The molecule has 2 amide bonds. The van der Waals surface area contributed by atoms with Crippen LogP contribution in [-0.2, 0) is 9.59 Å². The maximum absolute atomic E-state index is 12.6. The molecular weight excluding hydrogens is 312 g/mol. The van der Waals surface area contributed by atoms with Crippen LogP contribution >= 0.6 is 0 Å². The Morgan fingerprint density at radius 2 is 2.00 bits per heavy atom. The van der Waals surface area contributed by atoms with Gasteiger partial charge in [-0.25, -0.2) is 0 Å². The van der Waals surface area contributed by atoms with Crippen molar-refractivity contribution in [1.82, 2.24) is 20.3 Å². The summed E-state index contributed by atoms with van der Waals surface area (Å²) in [6.07, 6.45) is 0.400. The summed E-state index contributed by atoms with van der Waals surface area (Å²) >= 11 is 0. The number of aromatic nitrogens is 3. The number of hydrogen-bond donors (Lipinski definition) is 1. The SMILES string of the molecule is CC(C)(C)Oc1ccc2c(=O)n(C3CCC(=O)NC3=O)nnc2c1. The molecule has 2 aromatic rings. The van der Waals surface area contributed by atoms with Crippen LogP contribution in [0.2, 0.25) is 0 Å². The van der Waals surface area contributed by atoms with Gasteiger partial charge >= 0.3 is 0 Å². The number of carbonyl (C=O) groups excluding carboxylic acids is 2. The number of rotatable bonds is 2. The first kappa shape index (κ1) is 16.1. The zero-order chi connectivity index (χ0) is 17.5. The van der Waals surface area contributed by atoms with Crippen molar-refractivity contribution in [2.24, 2.45) is 0 Å². The number of ether oxygens (including phenoxy) is 1. The van der Waals surface area contributed by atoms with Crippen molar-refractivity contribution in [2.75, 3.05) is 0 Å². The van der Waals surface area contributed by atoms with Crippen LogP contribution in [0.5, 0.6) is 5.75 Å². The van der Waals surface area contributed by atoms with Gasteiger partial charge in [0.1, 0.15) is 22.9 Å². The third kappa shape index (κ3) is 3.12. The van der Waals surface area contributed by atoms with Crippen LogP contribution in [0.1, 0.15) is 39.7 Å². The van der Waals surface area contributed by atoms with E-state index in [1.165, 1.54) is 0 Å². The first-order chi connectivity index (χ1) is 11.2. The van der Waals surface area contributed by atoms with Crippen LogP contribution in [-0.4, -0.2) is 32.4 Å². The molecule has 8 nitrogen and oxygen atoms in total. The van der Waals surface area contributed by atoms with Crippen molar-refractivity contribution in [3.63, 3.8) is 0 Å². The molecule has 1 saturated heterocycles. The zero-order valence-corrected chi connectivity index (χ0v) is 13.7. The first-order valence-corrected chi connectivity index (χ1v) is 7.66. The summed E-state index contributed by atoms with van der Waals surface area (Å²) in [5, 5.41) is 10.5. The van der Waals surface area contributed by atoms with Crippen molar-refractivity contribution in [1.29, 1.82) is 0 Å². The average molecular weight is 330 g/mol. The molecule has 1 fully saturated rings. The minimum absolute atomic E-state index is 0.168. The predicted octanol–water partition coefficient (Wildman–Crippen LogP) is 0.946. The normalized spacial score (nSPS) is 18.5. The zero-order valence-electron chi connectivity index (χ0n) is 13.7. The van der Waals surface area contributed by atoms with Crippen LogP contribution in [0, 0.1) is 0 Å². The number of hydrogen-bond acceptors (Lipinski definition) is 6. The van der Waals surface area contributed by atoms with E-state index >= 15 is 0 Å². The molecule has 0 aliphatic carbocycles. The van der Waals surface area contributed by atoms with Gasteiger partial charge < -0.3 is 4.74 Å². The van der Waals surface area contributed by atoms with Gasteiger partial charge in [-0.2, -0.15) is 4.68 Å². The predicted molar refractivity (Wildman–Crippen MR) is 85.6 cm³/mol. The Bertz CT molecular complexity index is 882. The van der Waals surface area contributed by atoms with Gasteiger partial charge in [0.25, 0.3) is 11.5 Å². The Kier molecular flexibility index (Phi) is 3.82. The van der Waals surface area contributed by atoms with E-state index in [-0.39, 0.29) is 24.3 Å². The second-order valence-corrected chi connectivity index (χ2v) is 6.70. The fourth-order valence-corrected chi connectivity index (χ4v) is 2.57. The van der Waals surface area contributed by atoms with E-state index in [4.69, 9.17) is 4.74 Å². The van der Waals surface area contributed by atoms with Crippen LogP contribution in [0.3, 0.4) is 0 Å². The molecule has 0 bridgehead atoms. The van der Waals surface area contributed by atoms with Crippen molar-refractivity contribution < 1.29 is 14.3 Å². The molecule has 1 aromatic heterocycles. The number of amides is 2. The Morgan fingerprint density at radius 1 is 1.25 bits per heavy atom. The number of piperidine rings is 1. The minimum atomic E-state index is -0.822. The molecular formula is C16H18N4O4. The van der Waals surface area contributed by atoms with Crippen molar-refractivity contribution in [3.05, 3.63) is 28.6 Å². The molecule has 1 aliphatic heterocycles. The number of carbonyl (C=O) groups is 2. The Labute approximate surface area is 137 Å². The molecule has 0 saturated carbocycles. The molecule has 0 spiro atoms. The summed E-state index contributed by atoms with van der Waals surface area (Å²) in [5.74, 6) is -0.292. The molecule has 8 heteroatoms. The molecule has 1 N–H and O–H groups in total. The van der Waals surface area contributed by atoms with E-state index in [1.807, 2.05) is 20.8 Å². The van der Waals surface area contributed by atoms with Gasteiger partial charge in [-0.1, -0.05) is 5.21 Å². The van der Waals surface area contributed by atoms with Crippen molar-refractivity contribution in [3.8, 4) is 5.75 Å². The maximum Gasteiger partial charge on any atom is 0.278 e. The highest BCUT2D eigenvalue weighted by Gasteiger charge is 2.30. The van der Waals surface area contributed by atoms with Crippen LogP contribution < -0.4 is 15.6 Å². The fraction of sp³-hybridized carbons (Fsp3) is 0.438. The van der Waals surface area contributed by atoms with Crippen LogP contribution in [0.25, 0.3) is 10.9 Å². The van der Waals surface area contributed by atoms with E-state index in [0.29, 0.717) is 16.7 Å². The fourth-order valence-electron chi connectivity index (χ4n) is 2.57. The van der Waals surface area contributed by atoms with E-state index in [2.05, 4.69) is 15.6 Å². The van der Waals surface area contributed by atoms with Gasteiger partial charge in [-0.3, -0.25) is 19.7 Å². The van der Waals surface area contributed by atoms with E-state index in [1.54, 1.807) is 18.2 Å². The van der Waals surface area contributed by atoms with Gasteiger partial charge in [-0.05, 0) is 39.3 Å². The number of fused-ring (bicyclic) bond motifs is 1. The number of benzene rings is 1. The highest BCUT2D eigenvalue weighted by atomic mass is 16.5. The summed E-state index contributed by atoms with van der Waals surface area (Å²) in [6.45, 7) is 5.76. The summed E-state index contributed by atoms with van der Waals surface area (Å²) < 4.78 is 6.78. The van der Waals surface area contributed by atoms with Gasteiger partial charge in [0.05, 0.1) is 5.39 Å². The van der Waals surface area contributed by atoms with E-state index in [0.717, 1.165) is 4.68 Å². The largest absolute Gasteiger partial charge is 0.488 e. The van der Waals surface area contributed by atoms with Gasteiger partial charge in [0, 0.05) is 12.5 Å². The molecule has 24 heavy (non-hydrogen) atoms. The van der Waals surface area contributed by atoms with Crippen molar-refractivity contribution >= 4 is 22.7 Å². The molecule has 1 aliphatic rings. The summed E-state index contributed by atoms with van der Waals surface area (Å²) in [7, 11) is 0. The number of nitrogens with one attached hydrogen (secondary N) is 1. The molecule has 1 aromatic carbocycles. The molecule has 2 heterocycles. The van der Waals surface area contributed by atoms with Gasteiger partial charge in [-0.15, -0.1) is 5.10 Å². The maximum atomic E-state index is 12.6. The van der Waals surface area contributed by atoms with E-state index in [9.17, 15) is 14.4 Å². The lowest BCUT2D eigenvalue weighted by Crippen LogP contribution is -2.45. The van der Waals surface area contributed by atoms with Gasteiger partial charge in [0.15, 0.2) is 0 Å². The molecule has 1 atom stereocenters. The number of nitrogens with zero attached hydrogens (tertiary/aromatic N) is 3. The molecule has 3 rings (SSSR count). The van der Waals surface area contributed by atoms with Gasteiger partial charge in [0.2, 0.25) is 5.91 Å².